The van der Waals surface area contributed by atoms with E-state index in [1.165, 1.54) is 16.3 Å². The van der Waals surface area contributed by atoms with Crippen LogP contribution in [0.15, 0.2) is 54.8 Å². The monoisotopic (exact) mass is 196 g/mol. The molecule has 0 saturated heterocycles. The molecule has 0 N–H and O–H groups in total. The fourth-order valence-corrected chi connectivity index (χ4v) is 2.12. The summed E-state index contributed by atoms with van der Waals surface area (Å²) in [6.45, 7) is 0. The van der Waals surface area contributed by atoms with E-state index >= 15 is 0 Å². The maximum atomic E-state index is 5.57. The average molecular weight is 196 g/mol. The number of hydrogen-bond acceptors (Lipinski definition) is 1. The normalized spacial score (nSPS) is 19.3. The fourth-order valence-electron chi connectivity index (χ4n) is 2.12. The van der Waals surface area contributed by atoms with Crippen molar-refractivity contribution in [1.29, 1.82) is 0 Å². The van der Waals surface area contributed by atoms with Gasteiger partial charge in [0.05, 0.1) is 6.26 Å². The molecular formula is C14H12O. The fraction of sp³-hybridized carbons (Fsp3) is 0.143. The van der Waals surface area contributed by atoms with Crippen molar-refractivity contribution in [3.8, 4) is 0 Å². The minimum absolute atomic E-state index is 0.205. The molecule has 0 radical (unpaired) electrons. The first-order chi connectivity index (χ1) is 7.45. The van der Waals surface area contributed by atoms with E-state index in [1.54, 1.807) is 6.26 Å². The molecule has 0 fully saturated rings. The number of rotatable bonds is 1. The molecule has 74 valence electrons. The molecule has 0 amide bonds. The van der Waals surface area contributed by atoms with Gasteiger partial charge in [-0.25, -0.2) is 0 Å². The first kappa shape index (κ1) is 8.54. The predicted octanol–water partition coefficient (Wildman–Crippen LogP) is 3.81. The second-order valence-corrected chi connectivity index (χ2v) is 3.80. The van der Waals surface area contributed by atoms with Gasteiger partial charge in [0, 0.05) is 12.0 Å². The van der Waals surface area contributed by atoms with Gasteiger partial charge in [-0.05, 0) is 16.8 Å². The summed E-state index contributed by atoms with van der Waals surface area (Å²) < 4.78 is 5.57. The third-order valence-electron chi connectivity index (χ3n) is 2.86. The quantitative estimate of drug-likeness (QED) is 0.673. The molecule has 2 aromatic rings. The van der Waals surface area contributed by atoms with Crippen molar-refractivity contribution in [2.45, 2.75) is 12.5 Å². The Kier molecular flexibility index (Phi) is 1.95. The molecule has 0 aliphatic carbocycles. The summed E-state index contributed by atoms with van der Waals surface area (Å²) in [6.07, 6.45) is 5.06. The zero-order valence-electron chi connectivity index (χ0n) is 8.39. The Bertz CT molecular complexity index is 500. The van der Waals surface area contributed by atoms with Crippen LogP contribution in [0.1, 0.15) is 18.1 Å². The van der Waals surface area contributed by atoms with E-state index in [9.17, 15) is 0 Å². The SMILES string of the molecule is C1=COC(c2cccc3ccccc23)C1. The van der Waals surface area contributed by atoms with E-state index in [0.29, 0.717) is 0 Å². The summed E-state index contributed by atoms with van der Waals surface area (Å²) in [5.74, 6) is 0. The molecule has 1 unspecified atom stereocenters. The third-order valence-corrected chi connectivity index (χ3v) is 2.86. The summed E-state index contributed by atoms with van der Waals surface area (Å²) in [7, 11) is 0. The van der Waals surface area contributed by atoms with Crippen molar-refractivity contribution in [3.05, 3.63) is 60.4 Å². The van der Waals surface area contributed by atoms with E-state index in [-0.39, 0.29) is 6.10 Å². The highest BCUT2D eigenvalue weighted by Crippen LogP contribution is 2.31. The minimum Gasteiger partial charge on any atom is -0.493 e. The summed E-state index contributed by atoms with van der Waals surface area (Å²) in [4.78, 5) is 0. The van der Waals surface area contributed by atoms with Gasteiger partial charge in [0.15, 0.2) is 0 Å². The van der Waals surface area contributed by atoms with Crippen LogP contribution in [0.3, 0.4) is 0 Å². The second kappa shape index (κ2) is 3.43. The van der Waals surface area contributed by atoms with Crippen LogP contribution < -0.4 is 0 Å². The molecule has 1 nitrogen and oxygen atoms in total. The standard InChI is InChI=1S/C14H12O/c1-2-7-12-11(5-1)6-3-8-13(12)14-9-4-10-15-14/h1-8,10,14H,9H2. The highest BCUT2D eigenvalue weighted by atomic mass is 16.5. The average Bonchev–Trinajstić information content (AvgIpc) is 2.82. The zero-order chi connectivity index (χ0) is 10.1. The minimum atomic E-state index is 0.205. The van der Waals surface area contributed by atoms with Crippen LogP contribution in [0.2, 0.25) is 0 Å². The highest BCUT2D eigenvalue weighted by molar-refractivity contribution is 5.86. The van der Waals surface area contributed by atoms with E-state index in [2.05, 4.69) is 48.5 Å². The van der Waals surface area contributed by atoms with Crippen LogP contribution in [0, 0.1) is 0 Å². The topological polar surface area (TPSA) is 9.23 Å². The Morgan fingerprint density at radius 1 is 1.00 bits per heavy atom. The van der Waals surface area contributed by atoms with Gasteiger partial charge >= 0.3 is 0 Å². The van der Waals surface area contributed by atoms with Crippen LogP contribution in [-0.4, -0.2) is 0 Å². The maximum Gasteiger partial charge on any atom is 0.127 e. The Labute approximate surface area is 89.0 Å². The smallest absolute Gasteiger partial charge is 0.127 e. The van der Waals surface area contributed by atoms with Crippen molar-refractivity contribution < 1.29 is 4.74 Å². The van der Waals surface area contributed by atoms with Crippen molar-refractivity contribution in [2.75, 3.05) is 0 Å². The molecule has 0 bridgehead atoms. The molecule has 0 aromatic heterocycles. The van der Waals surface area contributed by atoms with Crippen molar-refractivity contribution in [1.82, 2.24) is 0 Å². The molecule has 3 rings (SSSR count). The largest absolute Gasteiger partial charge is 0.493 e. The Morgan fingerprint density at radius 2 is 1.87 bits per heavy atom. The van der Waals surface area contributed by atoms with Crippen LogP contribution in [0.5, 0.6) is 0 Å². The van der Waals surface area contributed by atoms with Gasteiger partial charge in [0.25, 0.3) is 0 Å². The van der Waals surface area contributed by atoms with Crippen molar-refractivity contribution >= 4 is 10.8 Å². The van der Waals surface area contributed by atoms with Gasteiger partial charge in [-0.3, -0.25) is 0 Å². The third kappa shape index (κ3) is 1.40. The van der Waals surface area contributed by atoms with E-state index in [1.807, 2.05) is 0 Å². The van der Waals surface area contributed by atoms with Crippen LogP contribution >= 0.6 is 0 Å². The lowest BCUT2D eigenvalue weighted by atomic mass is 9.99. The summed E-state index contributed by atoms with van der Waals surface area (Å²) >= 11 is 0. The molecule has 0 saturated carbocycles. The number of hydrogen-bond donors (Lipinski definition) is 0. The maximum absolute atomic E-state index is 5.57. The van der Waals surface area contributed by atoms with Crippen LogP contribution in [0.25, 0.3) is 10.8 Å². The zero-order valence-corrected chi connectivity index (χ0v) is 8.39. The first-order valence-corrected chi connectivity index (χ1v) is 5.23. The molecule has 1 aliphatic rings. The molecule has 0 spiro atoms. The summed E-state index contributed by atoms with van der Waals surface area (Å²) in [6, 6.07) is 14.8. The molecule has 15 heavy (non-hydrogen) atoms. The Hall–Kier alpha value is -1.76. The van der Waals surface area contributed by atoms with Crippen molar-refractivity contribution in [3.63, 3.8) is 0 Å². The van der Waals surface area contributed by atoms with Gasteiger partial charge in [-0.2, -0.15) is 0 Å². The number of fused-ring (bicyclic) bond motifs is 1. The summed E-state index contributed by atoms with van der Waals surface area (Å²) in [5, 5.41) is 2.58. The Morgan fingerprint density at radius 3 is 2.73 bits per heavy atom. The van der Waals surface area contributed by atoms with Gasteiger partial charge in [-0.15, -0.1) is 0 Å². The lowest BCUT2D eigenvalue weighted by molar-refractivity contribution is 0.175. The van der Waals surface area contributed by atoms with Gasteiger partial charge in [0.1, 0.15) is 6.10 Å². The highest BCUT2D eigenvalue weighted by Gasteiger charge is 2.15. The van der Waals surface area contributed by atoms with Gasteiger partial charge < -0.3 is 4.74 Å². The van der Waals surface area contributed by atoms with Crippen molar-refractivity contribution in [2.24, 2.45) is 0 Å². The second-order valence-electron chi connectivity index (χ2n) is 3.80. The van der Waals surface area contributed by atoms with Gasteiger partial charge in [-0.1, -0.05) is 42.5 Å². The van der Waals surface area contributed by atoms with E-state index in [0.717, 1.165) is 6.42 Å². The number of ether oxygens (including phenoxy) is 1. The number of benzene rings is 2. The van der Waals surface area contributed by atoms with Crippen LogP contribution in [-0.2, 0) is 4.74 Å². The van der Waals surface area contributed by atoms with E-state index in [4.69, 9.17) is 4.74 Å². The molecule has 1 atom stereocenters. The lowest BCUT2D eigenvalue weighted by Crippen LogP contribution is -1.95. The molecule has 2 aromatic carbocycles. The summed E-state index contributed by atoms with van der Waals surface area (Å²) in [5.41, 5.74) is 1.29. The molecular weight excluding hydrogens is 184 g/mol. The predicted molar refractivity (Wildman–Crippen MR) is 61.5 cm³/mol. The lowest BCUT2D eigenvalue weighted by Gasteiger charge is -2.13. The first-order valence-electron chi connectivity index (χ1n) is 5.23. The van der Waals surface area contributed by atoms with E-state index < -0.39 is 0 Å². The Balaban J connectivity index is 2.17. The molecule has 1 aliphatic heterocycles. The van der Waals surface area contributed by atoms with Gasteiger partial charge in [0.2, 0.25) is 0 Å². The molecule has 1 heteroatoms. The molecule has 1 heterocycles. The van der Waals surface area contributed by atoms with Crippen LogP contribution in [0.4, 0.5) is 0 Å².